The van der Waals surface area contributed by atoms with Gasteiger partial charge in [0.05, 0.1) is 21.8 Å². The number of nitrogens with zero attached hydrogens (tertiary/aromatic N) is 3. The van der Waals surface area contributed by atoms with Gasteiger partial charge in [-0.25, -0.2) is 14.5 Å². The minimum absolute atomic E-state index is 0.253. The minimum Gasteiger partial charge on any atom is -0.421 e. The summed E-state index contributed by atoms with van der Waals surface area (Å²) in [4.78, 5) is 28.7. The van der Waals surface area contributed by atoms with Gasteiger partial charge in [-0.3, -0.25) is 4.79 Å². The number of aromatic nitrogens is 3. The van der Waals surface area contributed by atoms with Crippen molar-refractivity contribution in [3.8, 4) is 27.6 Å². The van der Waals surface area contributed by atoms with Crippen LogP contribution >= 0.6 is 46.1 Å². The van der Waals surface area contributed by atoms with E-state index < -0.39 is 5.63 Å². The second-order valence-electron chi connectivity index (χ2n) is 6.77. The molecular formula is C22H10Cl3N3O3S. The summed E-state index contributed by atoms with van der Waals surface area (Å²) in [6.07, 6.45) is 2.31. The van der Waals surface area contributed by atoms with E-state index in [1.165, 1.54) is 22.1 Å². The van der Waals surface area contributed by atoms with Crippen molar-refractivity contribution in [3.63, 3.8) is 0 Å². The molecule has 0 N–H and O–H groups in total. The maximum Gasteiger partial charge on any atom is 0.345 e. The molecule has 0 saturated carbocycles. The van der Waals surface area contributed by atoms with Crippen LogP contribution in [0.1, 0.15) is 10.4 Å². The molecule has 0 spiro atoms. The number of carbonyl (C=O) groups excluding carboxylic acids is 1. The first-order chi connectivity index (χ1) is 15.4. The molecule has 0 aliphatic heterocycles. The fraction of sp³-hybridized carbons (Fsp3) is 0. The number of hydrogen-bond donors (Lipinski definition) is 0. The van der Waals surface area contributed by atoms with E-state index in [0.717, 1.165) is 11.8 Å². The second-order valence-corrected chi connectivity index (χ2v) is 8.89. The number of fused-ring (bicyclic) bond motifs is 1. The highest BCUT2D eigenvalue weighted by atomic mass is 35.5. The maximum atomic E-state index is 12.6. The summed E-state index contributed by atoms with van der Waals surface area (Å²) in [6.45, 7) is 0. The number of rotatable bonds is 4. The maximum absolute atomic E-state index is 12.6. The Kier molecular flexibility index (Phi) is 5.35. The Bertz CT molecular complexity index is 1550. The standard InChI is InChI=1S/C22H10Cl3N3O3S/c23-14-3-1-11(2-4-14)19-13(9-29)8-28(27-19)22-26-18(10-32-22)16-6-12-5-15(24)7-17(25)20(12)31-21(16)30/h1-10H. The summed E-state index contributed by atoms with van der Waals surface area (Å²) in [5.74, 6) is 0. The summed E-state index contributed by atoms with van der Waals surface area (Å²) in [5.41, 5.74) is 2.01. The molecule has 6 nitrogen and oxygen atoms in total. The van der Waals surface area contributed by atoms with Gasteiger partial charge in [-0.1, -0.05) is 46.9 Å². The molecule has 32 heavy (non-hydrogen) atoms. The first-order valence-corrected chi connectivity index (χ1v) is 11.1. The van der Waals surface area contributed by atoms with Gasteiger partial charge in [-0.2, -0.15) is 5.10 Å². The summed E-state index contributed by atoms with van der Waals surface area (Å²) in [6, 6.07) is 11.8. The van der Waals surface area contributed by atoms with Gasteiger partial charge in [0.15, 0.2) is 11.9 Å². The summed E-state index contributed by atoms with van der Waals surface area (Å²) in [5, 5.41) is 8.54. The lowest BCUT2D eigenvalue weighted by molar-refractivity contribution is 0.112. The van der Waals surface area contributed by atoms with Crippen molar-refractivity contribution in [2.75, 3.05) is 0 Å². The molecule has 2 aromatic carbocycles. The van der Waals surface area contributed by atoms with Crippen molar-refractivity contribution in [1.29, 1.82) is 0 Å². The fourth-order valence-corrected chi connectivity index (χ4v) is 4.66. The molecule has 5 aromatic rings. The molecule has 0 radical (unpaired) electrons. The van der Waals surface area contributed by atoms with Crippen LogP contribution < -0.4 is 5.63 Å². The number of halogens is 3. The quantitative estimate of drug-likeness (QED) is 0.206. The van der Waals surface area contributed by atoms with E-state index in [4.69, 9.17) is 39.2 Å². The number of thiazole rings is 1. The van der Waals surface area contributed by atoms with Crippen LogP contribution in [0, 0.1) is 0 Å². The van der Waals surface area contributed by atoms with Crippen LogP contribution in [-0.4, -0.2) is 21.1 Å². The third-order valence-corrected chi connectivity index (χ3v) is 6.28. The third-order valence-electron chi connectivity index (χ3n) is 4.70. The lowest BCUT2D eigenvalue weighted by Crippen LogP contribution is -2.03. The highest BCUT2D eigenvalue weighted by molar-refractivity contribution is 7.12. The van der Waals surface area contributed by atoms with Crippen molar-refractivity contribution in [1.82, 2.24) is 14.8 Å². The molecule has 3 aromatic heterocycles. The highest BCUT2D eigenvalue weighted by Crippen LogP contribution is 2.31. The van der Waals surface area contributed by atoms with E-state index >= 15 is 0 Å². The topological polar surface area (TPSA) is 78.0 Å². The van der Waals surface area contributed by atoms with Gasteiger partial charge >= 0.3 is 5.63 Å². The largest absolute Gasteiger partial charge is 0.421 e. The predicted molar refractivity (Wildman–Crippen MR) is 127 cm³/mol. The van der Waals surface area contributed by atoms with Gasteiger partial charge in [0.2, 0.25) is 5.13 Å². The van der Waals surface area contributed by atoms with Crippen LogP contribution in [0.4, 0.5) is 0 Å². The van der Waals surface area contributed by atoms with Gasteiger partial charge in [-0.15, -0.1) is 11.3 Å². The van der Waals surface area contributed by atoms with E-state index in [9.17, 15) is 9.59 Å². The molecule has 0 saturated heterocycles. The summed E-state index contributed by atoms with van der Waals surface area (Å²) in [7, 11) is 0. The molecule has 0 atom stereocenters. The zero-order valence-electron chi connectivity index (χ0n) is 15.9. The lowest BCUT2D eigenvalue weighted by atomic mass is 10.1. The van der Waals surface area contributed by atoms with Crippen LogP contribution in [0.2, 0.25) is 15.1 Å². The molecule has 0 aliphatic rings. The van der Waals surface area contributed by atoms with E-state index in [1.807, 2.05) is 0 Å². The van der Waals surface area contributed by atoms with Crippen molar-refractivity contribution < 1.29 is 9.21 Å². The Morgan fingerprint density at radius 2 is 1.81 bits per heavy atom. The predicted octanol–water partition coefficient (Wildman–Crippen LogP) is 6.54. The summed E-state index contributed by atoms with van der Waals surface area (Å²) >= 11 is 19.4. The van der Waals surface area contributed by atoms with Crippen LogP contribution in [0.25, 0.3) is 38.6 Å². The smallest absolute Gasteiger partial charge is 0.345 e. The van der Waals surface area contributed by atoms with Gasteiger partial charge in [-0.05, 0) is 30.3 Å². The van der Waals surface area contributed by atoms with Crippen molar-refractivity contribution in [2.24, 2.45) is 0 Å². The number of aldehydes is 1. The molecule has 158 valence electrons. The Balaban J connectivity index is 1.57. The Hall–Kier alpha value is -2.97. The average Bonchev–Trinajstić information content (AvgIpc) is 3.41. The average molecular weight is 503 g/mol. The van der Waals surface area contributed by atoms with Gasteiger partial charge in [0.1, 0.15) is 5.69 Å². The second kappa shape index (κ2) is 8.18. The lowest BCUT2D eigenvalue weighted by Gasteiger charge is -2.02. The van der Waals surface area contributed by atoms with E-state index in [2.05, 4.69) is 10.1 Å². The first-order valence-electron chi connectivity index (χ1n) is 9.13. The first kappa shape index (κ1) is 20.9. The Labute approximate surface area is 199 Å². The van der Waals surface area contributed by atoms with Crippen LogP contribution in [0.3, 0.4) is 0 Å². The number of benzene rings is 2. The van der Waals surface area contributed by atoms with Crippen molar-refractivity contribution in [3.05, 3.63) is 85.1 Å². The summed E-state index contributed by atoms with van der Waals surface area (Å²) < 4.78 is 6.89. The van der Waals surface area contributed by atoms with Crippen LogP contribution in [0.15, 0.2) is 63.3 Å². The molecular weight excluding hydrogens is 493 g/mol. The zero-order valence-corrected chi connectivity index (χ0v) is 19.0. The van der Waals surface area contributed by atoms with Crippen molar-refractivity contribution in [2.45, 2.75) is 0 Å². The number of hydrogen-bond acceptors (Lipinski definition) is 6. The van der Waals surface area contributed by atoms with Gasteiger partial charge < -0.3 is 4.42 Å². The Morgan fingerprint density at radius 1 is 1.03 bits per heavy atom. The molecule has 0 amide bonds. The SMILES string of the molecule is O=Cc1cn(-c2nc(-c3cc4cc(Cl)cc(Cl)c4oc3=O)cs2)nc1-c1ccc(Cl)cc1. The van der Waals surface area contributed by atoms with E-state index in [1.54, 1.807) is 48.0 Å². The molecule has 0 bridgehead atoms. The molecule has 3 heterocycles. The third kappa shape index (κ3) is 3.73. The molecule has 0 unspecified atom stereocenters. The van der Waals surface area contributed by atoms with Crippen LogP contribution in [0.5, 0.6) is 0 Å². The fourth-order valence-electron chi connectivity index (χ4n) is 3.23. The Morgan fingerprint density at radius 3 is 2.56 bits per heavy atom. The normalized spacial score (nSPS) is 11.2. The molecule has 0 aliphatic carbocycles. The minimum atomic E-state index is -0.575. The number of carbonyl (C=O) groups is 1. The van der Waals surface area contributed by atoms with Crippen LogP contribution in [-0.2, 0) is 0 Å². The monoisotopic (exact) mass is 501 g/mol. The van der Waals surface area contributed by atoms with Gasteiger partial charge in [0, 0.05) is 32.6 Å². The molecule has 0 fully saturated rings. The molecule has 5 rings (SSSR count). The van der Waals surface area contributed by atoms with E-state index in [0.29, 0.717) is 37.5 Å². The molecule has 10 heteroatoms. The zero-order chi connectivity index (χ0) is 22.4. The van der Waals surface area contributed by atoms with E-state index in [-0.39, 0.29) is 16.2 Å². The van der Waals surface area contributed by atoms with Crippen molar-refractivity contribution >= 4 is 63.4 Å². The highest BCUT2D eigenvalue weighted by Gasteiger charge is 2.17. The van der Waals surface area contributed by atoms with Gasteiger partial charge in [0.25, 0.3) is 0 Å².